The number of carbonyl (C=O) groups is 1. The number of hydrogen-bond donors (Lipinski definition) is 2. The number of rotatable bonds is 4. The lowest BCUT2D eigenvalue weighted by Gasteiger charge is -2.60. The van der Waals surface area contributed by atoms with E-state index in [0.717, 1.165) is 37.5 Å². The van der Waals surface area contributed by atoms with E-state index in [1.807, 2.05) is 0 Å². The Balaban J connectivity index is 1.81. The topological polar surface area (TPSA) is 55.1 Å². The van der Waals surface area contributed by atoms with Gasteiger partial charge in [0.05, 0.1) is 5.41 Å². The van der Waals surface area contributed by atoms with Gasteiger partial charge in [0.25, 0.3) is 0 Å². The van der Waals surface area contributed by atoms with Crippen LogP contribution in [0.1, 0.15) is 65.7 Å². The van der Waals surface area contributed by atoms with Crippen LogP contribution in [0.3, 0.4) is 0 Å². The standard InChI is InChI=1S/C17H30N2O/c1-4-16(3,11-18)19-14(20)17-8-12-5-13(9-17)7-15(2,6-12)10-17/h12-13H,4-11,18H2,1-3H3,(H,19,20). The average Bonchev–Trinajstić information content (AvgIpc) is 2.35. The molecule has 4 bridgehead atoms. The van der Waals surface area contributed by atoms with Crippen molar-refractivity contribution in [3.05, 3.63) is 0 Å². The fourth-order valence-electron chi connectivity index (χ4n) is 5.68. The van der Waals surface area contributed by atoms with Crippen LogP contribution < -0.4 is 11.1 Å². The molecule has 4 saturated carbocycles. The number of nitrogens with one attached hydrogen (secondary N) is 1. The van der Waals surface area contributed by atoms with Gasteiger partial charge >= 0.3 is 0 Å². The maximum Gasteiger partial charge on any atom is 0.226 e. The van der Waals surface area contributed by atoms with Crippen LogP contribution in [-0.2, 0) is 4.79 Å². The Morgan fingerprint density at radius 3 is 2.35 bits per heavy atom. The molecule has 4 fully saturated rings. The Hall–Kier alpha value is -0.570. The molecule has 114 valence electrons. The van der Waals surface area contributed by atoms with Crippen molar-refractivity contribution in [3.8, 4) is 0 Å². The predicted octanol–water partition coefficient (Wildman–Crippen LogP) is 2.84. The molecule has 0 saturated heterocycles. The summed E-state index contributed by atoms with van der Waals surface area (Å²) in [5, 5.41) is 3.30. The number of hydrogen-bond acceptors (Lipinski definition) is 2. The molecule has 0 aromatic carbocycles. The zero-order valence-electron chi connectivity index (χ0n) is 13.3. The molecular weight excluding hydrogens is 248 g/mol. The van der Waals surface area contributed by atoms with Gasteiger partial charge in [-0.3, -0.25) is 4.79 Å². The molecule has 0 aromatic heterocycles. The number of amides is 1. The number of carbonyl (C=O) groups excluding carboxylic acids is 1. The molecule has 3 nitrogen and oxygen atoms in total. The Bertz CT molecular complexity index is 399. The van der Waals surface area contributed by atoms with E-state index in [-0.39, 0.29) is 11.0 Å². The van der Waals surface area contributed by atoms with Crippen LogP contribution >= 0.6 is 0 Å². The van der Waals surface area contributed by atoms with E-state index in [4.69, 9.17) is 5.73 Å². The Kier molecular flexibility index (Phi) is 3.20. The van der Waals surface area contributed by atoms with E-state index in [1.54, 1.807) is 0 Å². The summed E-state index contributed by atoms with van der Waals surface area (Å²) in [5.41, 5.74) is 5.98. The monoisotopic (exact) mass is 278 g/mol. The second-order valence-corrected chi connectivity index (χ2v) is 8.62. The highest BCUT2D eigenvalue weighted by molar-refractivity contribution is 5.84. The fraction of sp³-hybridized carbons (Fsp3) is 0.941. The molecule has 4 aliphatic carbocycles. The van der Waals surface area contributed by atoms with E-state index in [2.05, 4.69) is 26.1 Å². The largest absolute Gasteiger partial charge is 0.349 e. The minimum atomic E-state index is -0.235. The summed E-state index contributed by atoms with van der Waals surface area (Å²) >= 11 is 0. The Morgan fingerprint density at radius 2 is 1.90 bits per heavy atom. The van der Waals surface area contributed by atoms with Gasteiger partial charge in [0, 0.05) is 12.1 Å². The van der Waals surface area contributed by atoms with Crippen LogP contribution in [0.2, 0.25) is 0 Å². The van der Waals surface area contributed by atoms with Gasteiger partial charge in [0.1, 0.15) is 0 Å². The second-order valence-electron chi connectivity index (χ2n) is 8.62. The van der Waals surface area contributed by atoms with Gasteiger partial charge in [-0.15, -0.1) is 0 Å². The SMILES string of the molecule is CCC(C)(CN)NC(=O)C12CC3CC(CC(C)(C3)C1)C2. The third kappa shape index (κ3) is 2.18. The highest BCUT2D eigenvalue weighted by atomic mass is 16.2. The first-order valence-corrected chi connectivity index (χ1v) is 8.35. The third-order valence-corrected chi connectivity index (χ3v) is 6.48. The summed E-state index contributed by atoms with van der Waals surface area (Å²) in [5.74, 6) is 1.88. The second kappa shape index (κ2) is 4.46. The van der Waals surface area contributed by atoms with Crippen molar-refractivity contribution in [2.75, 3.05) is 6.54 Å². The van der Waals surface area contributed by atoms with Crippen molar-refractivity contribution in [1.82, 2.24) is 5.32 Å². The maximum atomic E-state index is 13.0. The molecule has 0 spiro atoms. The quantitative estimate of drug-likeness (QED) is 0.831. The zero-order valence-corrected chi connectivity index (χ0v) is 13.3. The van der Waals surface area contributed by atoms with E-state index in [9.17, 15) is 4.79 Å². The van der Waals surface area contributed by atoms with Crippen molar-refractivity contribution < 1.29 is 4.79 Å². The first kappa shape index (κ1) is 14.4. The molecule has 0 aliphatic heterocycles. The summed E-state index contributed by atoms with van der Waals surface area (Å²) in [6.45, 7) is 7.12. The summed E-state index contributed by atoms with van der Waals surface area (Å²) in [4.78, 5) is 13.0. The lowest BCUT2D eigenvalue weighted by atomic mass is 9.44. The third-order valence-electron chi connectivity index (χ3n) is 6.48. The van der Waals surface area contributed by atoms with Crippen LogP contribution in [0.5, 0.6) is 0 Å². The summed E-state index contributed by atoms with van der Waals surface area (Å²) in [7, 11) is 0. The van der Waals surface area contributed by atoms with Crippen molar-refractivity contribution in [3.63, 3.8) is 0 Å². The molecule has 3 unspecified atom stereocenters. The summed E-state index contributed by atoms with van der Waals surface area (Å²) in [6.07, 6.45) is 8.30. The smallest absolute Gasteiger partial charge is 0.226 e. The zero-order chi connectivity index (χ0) is 14.6. The van der Waals surface area contributed by atoms with Gasteiger partial charge in [0.15, 0.2) is 0 Å². The first-order valence-electron chi connectivity index (χ1n) is 8.35. The molecule has 1 amide bonds. The minimum absolute atomic E-state index is 0.0789. The van der Waals surface area contributed by atoms with Crippen molar-refractivity contribution in [1.29, 1.82) is 0 Å². The van der Waals surface area contributed by atoms with Gasteiger partial charge in [0.2, 0.25) is 5.91 Å². The normalized spacial score (nSPS) is 45.2. The van der Waals surface area contributed by atoms with E-state index in [1.165, 1.54) is 19.3 Å². The maximum absolute atomic E-state index is 13.0. The van der Waals surface area contributed by atoms with Crippen molar-refractivity contribution in [2.45, 2.75) is 71.3 Å². The molecule has 4 rings (SSSR count). The van der Waals surface area contributed by atoms with Crippen LogP contribution in [0.4, 0.5) is 0 Å². The summed E-state index contributed by atoms with van der Waals surface area (Å²) in [6, 6.07) is 0. The lowest BCUT2D eigenvalue weighted by Crippen LogP contribution is -2.61. The van der Waals surface area contributed by atoms with Crippen LogP contribution in [0.15, 0.2) is 0 Å². The molecule has 3 N–H and O–H groups in total. The molecule has 20 heavy (non-hydrogen) atoms. The highest BCUT2D eigenvalue weighted by Crippen LogP contribution is 2.65. The molecule has 0 aromatic rings. The molecule has 3 heteroatoms. The first-order chi connectivity index (χ1) is 9.32. The van der Waals surface area contributed by atoms with E-state index < -0.39 is 0 Å². The molecule has 0 radical (unpaired) electrons. The predicted molar refractivity (Wildman–Crippen MR) is 81.1 cm³/mol. The molecule has 4 aliphatic rings. The summed E-state index contributed by atoms with van der Waals surface area (Å²) < 4.78 is 0. The van der Waals surface area contributed by atoms with Gasteiger partial charge in [-0.25, -0.2) is 0 Å². The van der Waals surface area contributed by atoms with E-state index in [0.29, 0.717) is 17.9 Å². The minimum Gasteiger partial charge on any atom is -0.349 e. The molecule has 0 heterocycles. The van der Waals surface area contributed by atoms with Gasteiger partial charge in [-0.2, -0.15) is 0 Å². The fourth-order valence-corrected chi connectivity index (χ4v) is 5.68. The lowest BCUT2D eigenvalue weighted by molar-refractivity contribution is -0.157. The number of nitrogens with two attached hydrogens (primary N) is 1. The van der Waals surface area contributed by atoms with E-state index >= 15 is 0 Å². The van der Waals surface area contributed by atoms with Crippen LogP contribution in [0.25, 0.3) is 0 Å². The van der Waals surface area contributed by atoms with Crippen molar-refractivity contribution >= 4 is 5.91 Å². The van der Waals surface area contributed by atoms with Crippen molar-refractivity contribution in [2.24, 2.45) is 28.4 Å². The van der Waals surface area contributed by atoms with Gasteiger partial charge < -0.3 is 11.1 Å². The van der Waals surface area contributed by atoms with Crippen LogP contribution in [0, 0.1) is 22.7 Å². The highest BCUT2D eigenvalue weighted by Gasteiger charge is 2.59. The van der Waals surface area contributed by atoms with Gasteiger partial charge in [-0.1, -0.05) is 13.8 Å². The average molecular weight is 278 g/mol. The van der Waals surface area contributed by atoms with Crippen LogP contribution in [-0.4, -0.2) is 18.0 Å². The molecular formula is C17H30N2O. The molecule has 3 atom stereocenters. The Morgan fingerprint density at radius 1 is 1.30 bits per heavy atom. The Labute approximate surface area is 123 Å². The van der Waals surface area contributed by atoms with Gasteiger partial charge in [-0.05, 0) is 69.1 Å².